The van der Waals surface area contributed by atoms with Crippen LogP contribution in [0.5, 0.6) is 0 Å². The normalized spacial score (nSPS) is 10.8. The fraction of sp³-hybridized carbons (Fsp3) is 0.154. The first kappa shape index (κ1) is 20.4. The van der Waals surface area contributed by atoms with Crippen molar-refractivity contribution in [1.82, 2.24) is 15.6 Å². The molecule has 0 radical (unpaired) electrons. The number of hydrogen-bond acceptors (Lipinski definition) is 2. The van der Waals surface area contributed by atoms with Crippen LogP contribution in [0.25, 0.3) is 22.0 Å². The van der Waals surface area contributed by atoms with E-state index in [4.69, 9.17) is 0 Å². The molecule has 5 heteroatoms. The maximum atomic E-state index is 12.6. The van der Waals surface area contributed by atoms with Gasteiger partial charge in [0.25, 0.3) is 11.8 Å². The quantitative estimate of drug-likeness (QED) is 0.438. The Balaban J connectivity index is 1.41. The van der Waals surface area contributed by atoms with E-state index in [-0.39, 0.29) is 11.8 Å². The van der Waals surface area contributed by atoms with Crippen molar-refractivity contribution in [3.8, 4) is 11.1 Å². The molecule has 156 valence electrons. The van der Waals surface area contributed by atoms with E-state index in [2.05, 4.69) is 34.7 Å². The van der Waals surface area contributed by atoms with Crippen molar-refractivity contribution in [2.45, 2.75) is 13.3 Å². The molecule has 1 heterocycles. The van der Waals surface area contributed by atoms with Crippen LogP contribution in [0.2, 0.25) is 0 Å². The van der Waals surface area contributed by atoms with Gasteiger partial charge >= 0.3 is 0 Å². The van der Waals surface area contributed by atoms with E-state index < -0.39 is 0 Å². The minimum absolute atomic E-state index is 0.0943. The summed E-state index contributed by atoms with van der Waals surface area (Å²) in [6.45, 7) is 2.63. The van der Waals surface area contributed by atoms with Crippen LogP contribution in [0.4, 0.5) is 0 Å². The molecule has 2 amide bonds. The van der Waals surface area contributed by atoms with Gasteiger partial charge in [-0.1, -0.05) is 42.5 Å². The number of para-hydroxylation sites is 1. The Morgan fingerprint density at radius 2 is 1.61 bits per heavy atom. The first-order chi connectivity index (χ1) is 15.1. The molecule has 0 saturated carbocycles. The third kappa shape index (κ3) is 4.36. The number of aryl methyl sites for hydroxylation is 1. The van der Waals surface area contributed by atoms with E-state index in [1.807, 2.05) is 54.6 Å². The summed E-state index contributed by atoms with van der Waals surface area (Å²) < 4.78 is 0. The molecule has 0 saturated heterocycles. The predicted molar refractivity (Wildman–Crippen MR) is 124 cm³/mol. The second-order valence-corrected chi connectivity index (χ2v) is 7.52. The van der Waals surface area contributed by atoms with Gasteiger partial charge < -0.3 is 15.6 Å². The molecule has 0 spiro atoms. The summed E-state index contributed by atoms with van der Waals surface area (Å²) in [7, 11) is 1.61. The van der Waals surface area contributed by atoms with Crippen molar-refractivity contribution in [1.29, 1.82) is 0 Å². The molecule has 0 fully saturated rings. The summed E-state index contributed by atoms with van der Waals surface area (Å²) >= 11 is 0. The lowest BCUT2D eigenvalue weighted by Crippen LogP contribution is -2.25. The standard InChI is InChI=1S/C26H25N3O2/c1-17-22(23-8-3-4-9-24(23)29-17)14-15-28-26(31)19-12-10-18(11-13-19)20-6-5-7-21(16-20)25(30)27-2/h3-13,16,29H,14-15H2,1-2H3,(H,27,30)(H,28,31). The Bertz CT molecular complexity index is 1240. The fourth-order valence-electron chi connectivity index (χ4n) is 3.86. The summed E-state index contributed by atoms with van der Waals surface area (Å²) in [5.41, 5.74) is 6.61. The van der Waals surface area contributed by atoms with Gasteiger partial charge in [-0.2, -0.15) is 0 Å². The molecular formula is C26H25N3O2. The number of H-pyrrole nitrogens is 1. The molecule has 1 aromatic heterocycles. The summed E-state index contributed by atoms with van der Waals surface area (Å²) in [6, 6.07) is 23.1. The van der Waals surface area contributed by atoms with Crippen LogP contribution in [0, 0.1) is 6.92 Å². The highest BCUT2D eigenvalue weighted by atomic mass is 16.2. The third-order valence-electron chi connectivity index (χ3n) is 5.52. The second kappa shape index (κ2) is 8.88. The van der Waals surface area contributed by atoms with Gasteiger partial charge in [-0.3, -0.25) is 9.59 Å². The number of aromatic amines is 1. The van der Waals surface area contributed by atoms with Crippen LogP contribution in [0.15, 0.2) is 72.8 Å². The van der Waals surface area contributed by atoms with Crippen molar-refractivity contribution < 1.29 is 9.59 Å². The Morgan fingerprint density at radius 3 is 2.39 bits per heavy atom. The molecule has 31 heavy (non-hydrogen) atoms. The minimum atomic E-state index is -0.122. The van der Waals surface area contributed by atoms with Gasteiger partial charge in [0, 0.05) is 41.3 Å². The number of nitrogens with one attached hydrogen (secondary N) is 3. The number of aromatic nitrogens is 1. The van der Waals surface area contributed by atoms with E-state index in [0.29, 0.717) is 17.7 Å². The number of fused-ring (bicyclic) bond motifs is 1. The molecule has 0 aliphatic rings. The maximum Gasteiger partial charge on any atom is 0.251 e. The van der Waals surface area contributed by atoms with E-state index in [1.165, 1.54) is 10.9 Å². The highest BCUT2D eigenvalue weighted by Gasteiger charge is 2.10. The molecule has 0 atom stereocenters. The Morgan fingerprint density at radius 1 is 0.839 bits per heavy atom. The van der Waals surface area contributed by atoms with Gasteiger partial charge in [-0.05, 0) is 60.4 Å². The molecule has 0 aliphatic heterocycles. The molecule has 0 aliphatic carbocycles. The zero-order valence-corrected chi connectivity index (χ0v) is 17.7. The van der Waals surface area contributed by atoms with Gasteiger partial charge in [-0.15, -0.1) is 0 Å². The largest absolute Gasteiger partial charge is 0.358 e. The fourth-order valence-corrected chi connectivity index (χ4v) is 3.86. The average Bonchev–Trinajstić information content (AvgIpc) is 3.13. The molecule has 5 nitrogen and oxygen atoms in total. The minimum Gasteiger partial charge on any atom is -0.358 e. The van der Waals surface area contributed by atoms with E-state index >= 15 is 0 Å². The van der Waals surface area contributed by atoms with Crippen molar-refractivity contribution in [3.05, 3.63) is 95.2 Å². The molecule has 4 aromatic rings. The summed E-state index contributed by atoms with van der Waals surface area (Å²) in [5, 5.41) is 6.85. The molecule has 3 aromatic carbocycles. The SMILES string of the molecule is CNC(=O)c1cccc(-c2ccc(C(=O)NCCc3c(C)[nH]c4ccccc34)cc2)c1. The predicted octanol–water partition coefficient (Wildman–Crippen LogP) is 4.48. The van der Waals surface area contributed by atoms with E-state index in [9.17, 15) is 9.59 Å². The van der Waals surface area contributed by atoms with Gasteiger partial charge in [0.2, 0.25) is 0 Å². The van der Waals surface area contributed by atoms with Crippen LogP contribution in [0.1, 0.15) is 32.0 Å². The number of rotatable bonds is 6. The lowest BCUT2D eigenvalue weighted by atomic mass is 10.0. The maximum absolute atomic E-state index is 12.6. The lowest BCUT2D eigenvalue weighted by molar-refractivity contribution is 0.0949. The first-order valence-electron chi connectivity index (χ1n) is 10.3. The molecular weight excluding hydrogens is 386 g/mol. The smallest absolute Gasteiger partial charge is 0.251 e. The summed E-state index contributed by atoms with van der Waals surface area (Å²) in [5.74, 6) is -0.216. The van der Waals surface area contributed by atoms with Crippen LogP contribution in [-0.2, 0) is 6.42 Å². The highest BCUT2D eigenvalue weighted by Crippen LogP contribution is 2.23. The van der Waals surface area contributed by atoms with Gasteiger partial charge in [-0.25, -0.2) is 0 Å². The number of carbonyl (C=O) groups excluding carboxylic acids is 2. The van der Waals surface area contributed by atoms with Crippen molar-refractivity contribution in [2.75, 3.05) is 13.6 Å². The van der Waals surface area contributed by atoms with Gasteiger partial charge in [0.15, 0.2) is 0 Å². The number of carbonyl (C=O) groups is 2. The molecule has 4 rings (SSSR count). The van der Waals surface area contributed by atoms with Crippen LogP contribution < -0.4 is 10.6 Å². The van der Waals surface area contributed by atoms with Crippen molar-refractivity contribution in [3.63, 3.8) is 0 Å². The number of hydrogen-bond donors (Lipinski definition) is 3. The number of benzene rings is 3. The van der Waals surface area contributed by atoms with E-state index in [1.54, 1.807) is 13.1 Å². The monoisotopic (exact) mass is 411 g/mol. The molecule has 3 N–H and O–H groups in total. The third-order valence-corrected chi connectivity index (χ3v) is 5.52. The highest BCUT2D eigenvalue weighted by molar-refractivity contribution is 5.96. The Labute approximate surface area is 181 Å². The Hall–Kier alpha value is -3.86. The second-order valence-electron chi connectivity index (χ2n) is 7.52. The zero-order chi connectivity index (χ0) is 21.8. The average molecular weight is 412 g/mol. The molecule has 0 bridgehead atoms. The number of amides is 2. The summed E-state index contributed by atoms with van der Waals surface area (Å²) in [4.78, 5) is 27.8. The van der Waals surface area contributed by atoms with Crippen LogP contribution >= 0.6 is 0 Å². The van der Waals surface area contributed by atoms with Gasteiger partial charge in [0.1, 0.15) is 0 Å². The molecule has 0 unspecified atom stereocenters. The van der Waals surface area contributed by atoms with Crippen molar-refractivity contribution >= 4 is 22.7 Å². The topological polar surface area (TPSA) is 74.0 Å². The summed E-state index contributed by atoms with van der Waals surface area (Å²) in [6.07, 6.45) is 0.770. The van der Waals surface area contributed by atoms with Gasteiger partial charge in [0.05, 0.1) is 0 Å². The van der Waals surface area contributed by atoms with Crippen LogP contribution in [0.3, 0.4) is 0 Å². The Kier molecular flexibility index (Phi) is 5.85. The first-order valence-corrected chi connectivity index (χ1v) is 10.3. The van der Waals surface area contributed by atoms with Crippen molar-refractivity contribution in [2.24, 2.45) is 0 Å². The zero-order valence-electron chi connectivity index (χ0n) is 17.7. The van der Waals surface area contributed by atoms with E-state index in [0.717, 1.165) is 28.8 Å². The lowest BCUT2D eigenvalue weighted by Gasteiger charge is -2.08. The van der Waals surface area contributed by atoms with Crippen LogP contribution in [-0.4, -0.2) is 30.4 Å².